The highest BCUT2D eigenvalue weighted by Gasteiger charge is 2.08. The van der Waals surface area contributed by atoms with Crippen molar-refractivity contribution in [1.29, 1.82) is 0 Å². The van der Waals surface area contributed by atoms with E-state index in [1.54, 1.807) is 14.1 Å². The van der Waals surface area contributed by atoms with E-state index in [2.05, 4.69) is 31.6 Å². The fraction of sp³-hybridized carbons (Fsp3) is 0.263. The van der Waals surface area contributed by atoms with Crippen molar-refractivity contribution in [3.8, 4) is 0 Å². The van der Waals surface area contributed by atoms with Crippen molar-refractivity contribution in [2.45, 2.75) is 13.1 Å². The van der Waals surface area contributed by atoms with Crippen LogP contribution in [0.1, 0.15) is 11.1 Å². The Kier molecular flexibility index (Phi) is 10.4. The van der Waals surface area contributed by atoms with E-state index >= 15 is 0 Å². The van der Waals surface area contributed by atoms with Gasteiger partial charge in [0.25, 0.3) is 0 Å². The van der Waals surface area contributed by atoms with E-state index in [1.165, 1.54) is 4.90 Å². The van der Waals surface area contributed by atoms with Crippen LogP contribution >= 0.6 is 39.9 Å². The quantitative estimate of drug-likeness (QED) is 0.319. The van der Waals surface area contributed by atoms with Gasteiger partial charge in [-0.3, -0.25) is 4.79 Å². The van der Waals surface area contributed by atoms with Gasteiger partial charge < -0.3 is 15.5 Å². The Hall–Kier alpha value is -1.75. The fourth-order valence-electron chi connectivity index (χ4n) is 2.11. The van der Waals surface area contributed by atoms with Crippen molar-refractivity contribution in [2.24, 2.45) is 4.99 Å². The number of halogens is 4. The first-order valence-corrected chi connectivity index (χ1v) is 9.05. The van der Waals surface area contributed by atoms with Crippen molar-refractivity contribution in [2.75, 3.05) is 20.6 Å². The summed E-state index contributed by atoms with van der Waals surface area (Å²) in [5, 5.41) is 5.84. The van der Waals surface area contributed by atoms with Crippen LogP contribution in [0.2, 0.25) is 0 Å². The van der Waals surface area contributed by atoms with Crippen molar-refractivity contribution in [1.82, 2.24) is 15.5 Å². The molecule has 0 fully saturated rings. The Morgan fingerprint density at radius 1 is 1.11 bits per heavy atom. The van der Waals surface area contributed by atoms with E-state index in [4.69, 9.17) is 0 Å². The summed E-state index contributed by atoms with van der Waals surface area (Å²) in [6, 6.07) is 10.9. The first-order chi connectivity index (χ1) is 12.8. The number of aliphatic imine (C=N–C) groups is 1. The van der Waals surface area contributed by atoms with Gasteiger partial charge in [-0.2, -0.15) is 0 Å². The van der Waals surface area contributed by atoms with Crippen LogP contribution in [0.5, 0.6) is 0 Å². The molecule has 0 aromatic heterocycles. The van der Waals surface area contributed by atoms with Crippen molar-refractivity contribution < 1.29 is 13.6 Å². The SMILES string of the molecule is CN(C)C(=O)CNC(=NCc1ccc(Br)cc1)NCc1cc(F)ccc1F.I. The number of amides is 1. The topological polar surface area (TPSA) is 56.7 Å². The molecule has 152 valence electrons. The summed E-state index contributed by atoms with van der Waals surface area (Å²) in [5.41, 5.74) is 1.14. The summed E-state index contributed by atoms with van der Waals surface area (Å²) in [6.07, 6.45) is 0. The number of benzene rings is 2. The molecule has 0 spiro atoms. The Labute approximate surface area is 188 Å². The number of likely N-dealkylation sites (N-methyl/N-ethyl adjacent to an activating group) is 1. The zero-order valence-electron chi connectivity index (χ0n) is 15.5. The van der Waals surface area contributed by atoms with Gasteiger partial charge in [0.15, 0.2) is 5.96 Å². The molecule has 9 heteroatoms. The molecule has 0 saturated heterocycles. The van der Waals surface area contributed by atoms with Crippen molar-refractivity contribution in [3.63, 3.8) is 0 Å². The summed E-state index contributed by atoms with van der Waals surface area (Å²) < 4.78 is 28.1. The molecule has 0 aliphatic carbocycles. The molecule has 28 heavy (non-hydrogen) atoms. The number of carbonyl (C=O) groups excluding carboxylic acids is 1. The third-order valence-corrected chi connectivity index (χ3v) is 4.22. The molecular formula is C19H22BrF2IN4O. The summed E-state index contributed by atoms with van der Waals surface area (Å²) >= 11 is 3.37. The van der Waals surface area contributed by atoms with Gasteiger partial charge in [0.05, 0.1) is 13.1 Å². The van der Waals surface area contributed by atoms with Gasteiger partial charge in [0, 0.05) is 30.7 Å². The highest BCUT2D eigenvalue weighted by atomic mass is 127. The van der Waals surface area contributed by atoms with E-state index in [-0.39, 0.29) is 48.5 Å². The lowest BCUT2D eigenvalue weighted by molar-refractivity contribution is -0.127. The lowest BCUT2D eigenvalue weighted by atomic mass is 10.2. The van der Waals surface area contributed by atoms with Crippen LogP contribution in [0.25, 0.3) is 0 Å². The molecule has 2 rings (SSSR count). The number of nitrogens with zero attached hydrogens (tertiary/aromatic N) is 2. The van der Waals surface area contributed by atoms with E-state index in [1.807, 2.05) is 24.3 Å². The average molecular weight is 567 g/mol. The molecular weight excluding hydrogens is 545 g/mol. The molecule has 0 saturated carbocycles. The summed E-state index contributed by atoms with van der Waals surface area (Å²) in [7, 11) is 3.30. The van der Waals surface area contributed by atoms with Crippen LogP contribution in [0.3, 0.4) is 0 Å². The maximum absolute atomic E-state index is 13.8. The molecule has 2 N–H and O–H groups in total. The molecule has 0 atom stereocenters. The monoisotopic (exact) mass is 566 g/mol. The van der Waals surface area contributed by atoms with Crippen molar-refractivity contribution >= 4 is 51.8 Å². The van der Waals surface area contributed by atoms with Crippen LogP contribution in [-0.4, -0.2) is 37.4 Å². The maximum atomic E-state index is 13.8. The number of hydrogen-bond acceptors (Lipinski definition) is 2. The predicted octanol–water partition coefficient (Wildman–Crippen LogP) is 3.67. The van der Waals surface area contributed by atoms with Crippen LogP contribution in [-0.2, 0) is 17.9 Å². The number of nitrogens with one attached hydrogen (secondary N) is 2. The Bertz CT molecular complexity index is 816. The molecule has 0 bridgehead atoms. The highest BCUT2D eigenvalue weighted by molar-refractivity contribution is 14.0. The standard InChI is InChI=1S/C19H21BrF2N4O.HI/c1-26(2)18(27)12-25-19(23-10-13-3-5-15(20)6-4-13)24-11-14-9-16(21)7-8-17(14)22;/h3-9H,10-12H2,1-2H3,(H2,23,24,25);1H. The second-order valence-corrected chi connectivity index (χ2v) is 6.94. The first-order valence-electron chi connectivity index (χ1n) is 8.26. The predicted molar refractivity (Wildman–Crippen MR) is 121 cm³/mol. The van der Waals surface area contributed by atoms with E-state index in [0.717, 1.165) is 28.2 Å². The highest BCUT2D eigenvalue weighted by Crippen LogP contribution is 2.11. The lowest BCUT2D eigenvalue weighted by Gasteiger charge is -2.15. The van der Waals surface area contributed by atoms with Gasteiger partial charge in [-0.15, -0.1) is 24.0 Å². The second-order valence-electron chi connectivity index (χ2n) is 6.02. The number of carbonyl (C=O) groups is 1. The molecule has 2 aromatic rings. The molecule has 5 nitrogen and oxygen atoms in total. The maximum Gasteiger partial charge on any atom is 0.241 e. The minimum absolute atomic E-state index is 0. The van der Waals surface area contributed by atoms with Crippen LogP contribution in [0.4, 0.5) is 8.78 Å². The van der Waals surface area contributed by atoms with Gasteiger partial charge >= 0.3 is 0 Å². The van der Waals surface area contributed by atoms with Gasteiger partial charge in [-0.1, -0.05) is 28.1 Å². The average Bonchev–Trinajstić information content (AvgIpc) is 2.64. The smallest absolute Gasteiger partial charge is 0.241 e. The zero-order chi connectivity index (χ0) is 19.8. The van der Waals surface area contributed by atoms with Gasteiger partial charge in [0.2, 0.25) is 5.91 Å². The Morgan fingerprint density at radius 2 is 1.79 bits per heavy atom. The summed E-state index contributed by atoms with van der Waals surface area (Å²) in [5.74, 6) is -0.834. The van der Waals surface area contributed by atoms with Crippen LogP contribution < -0.4 is 10.6 Å². The number of hydrogen-bond donors (Lipinski definition) is 2. The molecule has 1 amide bonds. The van der Waals surface area contributed by atoms with Crippen LogP contribution in [0.15, 0.2) is 51.9 Å². The molecule has 0 unspecified atom stereocenters. The fourth-order valence-corrected chi connectivity index (χ4v) is 2.37. The Morgan fingerprint density at radius 3 is 2.43 bits per heavy atom. The minimum Gasteiger partial charge on any atom is -0.352 e. The molecule has 2 aromatic carbocycles. The van der Waals surface area contributed by atoms with E-state index < -0.39 is 11.6 Å². The molecule has 0 aliphatic rings. The van der Waals surface area contributed by atoms with Gasteiger partial charge in [-0.05, 0) is 35.9 Å². The number of rotatable bonds is 6. The summed E-state index contributed by atoms with van der Waals surface area (Å²) in [4.78, 5) is 17.7. The Balaban J connectivity index is 0.00000392. The molecule has 0 radical (unpaired) electrons. The van der Waals surface area contributed by atoms with Gasteiger partial charge in [-0.25, -0.2) is 13.8 Å². The molecule has 0 heterocycles. The summed E-state index contributed by atoms with van der Waals surface area (Å²) in [6.45, 7) is 0.432. The second kappa shape index (κ2) is 11.9. The van der Waals surface area contributed by atoms with E-state index in [9.17, 15) is 13.6 Å². The van der Waals surface area contributed by atoms with E-state index in [0.29, 0.717) is 12.5 Å². The normalized spacial score (nSPS) is 10.8. The lowest BCUT2D eigenvalue weighted by Crippen LogP contribution is -2.42. The first kappa shape index (κ1) is 24.3. The molecule has 0 aliphatic heterocycles. The minimum atomic E-state index is -0.516. The third kappa shape index (κ3) is 8.09. The third-order valence-electron chi connectivity index (χ3n) is 3.69. The van der Waals surface area contributed by atoms with Gasteiger partial charge in [0.1, 0.15) is 11.6 Å². The largest absolute Gasteiger partial charge is 0.352 e. The number of guanidine groups is 1. The van der Waals surface area contributed by atoms with Crippen LogP contribution in [0, 0.1) is 11.6 Å². The van der Waals surface area contributed by atoms with Crippen molar-refractivity contribution in [3.05, 3.63) is 69.7 Å². The zero-order valence-corrected chi connectivity index (χ0v) is 19.4.